The van der Waals surface area contributed by atoms with Crippen LogP contribution in [0.15, 0.2) is 67.5 Å². The van der Waals surface area contributed by atoms with E-state index in [4.69, 9.17) is 0 Å². The predicted molar refractivity (Wildman–Crippen MR) is 66.3 cm³/mol. The zero-order valence-corrected chi connectivity index (χ0v) is 10.4. The molecule has 5 heteroatoms. The average molecular weight is 288 g/mol. The molecule has 0 fully saturated rings. The fourth-order valence-corrected chi connectivity index (χ4v) is 1.89. The van der Waals surface area contributed by atoms with Crippen molar-refractivity contribution in [3.05, 3.63) is 67.5 Å². The first-order valence-corrected chi connectivity index (χ1v) is 6.21. The van der Waals surface area contributed by atoms with E-state index in [1.54, 1.807) is 46.1 Å². The molecule has 0 aliphatic rings. The minimum atomic E-state index is 0.963. The summed E-state index contributed by atoms with van der Waals surface area (Å²) in [7, 11) is 0. The maximum absolute atomic E-state index is 4.19. The van der Waals surface area contributed by atoms with Gasteiger partial charge in [-0.3, -0.25) is 0 Å². The van der Waals surface area contributed by atoms with Gasteiger partial charge in [-0.15, -0.1) is 0 Å². The Morgan fingerprint density at radius 1 is 0.833 bits per heavy atom. The Kier molecular flexibility index (Phi) is 5.11. The zero-order valence-electron chi connectivity index (χ0n) is 9.49. The molecule has 0 radical (unpaired) electrons. The third-order valence-electron chi connectivity index (χ3n) is 1.77. The molecule has 0 amide bonds. The fraction of sp³-hybridized carbons (Fsp3) is 0. The van der Waals surface area contributed by atoms with Gasteiger partial charge in [0.2, 0.25) is 0 Å². The van der Waals surface area contributed by atoms with E-state index >= 15 is 0 Å². The molecule has 0 bridgehead atoms. The first-order chi connectivity index (χ1) is 8.95. The molecule has 0 aliphatic heterocycles. The number of imidazole rings is 1. The van der Waals surface area contributed by atoms with Crippen molar-refractivity contribution in [1.82, 2.24) is 19.9 Å². The summed E-state index contributed by atoms with van der Waals surface area (Å²) >= 11 is 1.66. The van der Waals surface area contributed by atoms with Crippen LogP contribution in [0.3, 0.4) is 0 Å². The summed E-state index contributed by atoms with van der Waals surface area (Å²) in [5.74, 6) is 0. The SMILES string of the molecule is c1c[nH]cn1.c1cc[c]([Cu][c]2ccccn2)nc1. The van der Waals surface area contributed by atoms with Crippen molar-refractivity contribution in [2.45, 2.75) is 0 Å². The average Bonchev–Trinajstić information content (AvgIpc) is 3.00. The molecular weight excluding hydrogens is 276 g/mol. The molecule has 0 aliphatic carbocycles. The summed E-state index contributed by atoms with van der Waals surface area (Å²) in [5.41, 5.74) is 0. The van der Waals surface area contributed by atoms with E-state index in [0.717, 1.165) is 9.18 Å². The third-order valence-corrected chi connectivity index (χ3v) is 2.81. The minimum absolute atomic E-state index is 0.963. The number of rotatable bonds is 2. The van der Waals surface area contributed by atoms with Gasteiger partial charge in [0, 0.05) is 12.4 Å². The first-order valence-electron chi connectivity index (χ1n) is 5.27. The molecule has 0 atom stereocenters. The summed E-state index contributed by atoms with van der Waals surface area (Å²) in [6, 6.07) is 11.7. The van der Waals surface area contributed by atoms with Crippen LogP contribution >= 0.6 is 0 Å². The van der Waals surface area contributed by atoms with E-state index in [1.165, 1.54) is 0 Å². The molecule has 0 spiro atoms. The Labute approximate surface area is 112 Å². The number of pyridine rings is 2. The van der Waals surface area contributed by atoms with Crippen molar-refractivity contribution in [3.63, 3.8) is 0 Å². The molecule has 18 heavy (non-hydrogen) atoms. The van der Waals surface area contributed by atoms with E-state index in [9.17, 15) is 0 Å². The number of H-pyrrole nitrogens is 1. The van der Waals surface area contributed by atoms with Gasteiger partial charge in [-0.2, -0.15) is 0 Å². The molecular formula is C13H12CuN4. The van der Waals surface area contributed by atoms with Crippen molar-refractivity contribution in [2.24, 2.45) is 0 Å². The molecule has 1 N–H and O–H groups in total. The van der Waals surface area contributed by atoms with Gasteiger partial charge in [-0.05, 0) is 0 Å². The van der Waals surface area contributed by atoms with E-state index in [0.29, 0.717) is 0 Å². The Balaban J connectivity index is 0.000000202. The first kappa shape index (κ1) is 12.5. The number of hydrogen-bond acceptors (Lipinski definition) is 3. The monoisotopic (exact) mass is 287 g/mol. The molecule has 0 saturated heterocycles. The van der Waals surface area contributed by atoms with Gasteiger partial charge in [0.05, 0.1) is 6.33 Å². The molecule has 4 nitrogen and oxygen atoms in total. The molecule has 3 aromatic rings. The van der Waals surface area contributed by atoms with Gasteiger partial charge in [-0.1, -0.05) is 0 Å². The standard InChI is InChI=1S/2C5H4N.C3H4N2.Cu/c2*1-2-4-6-5-3-1;1-2-5-3-4-1;/h2*1-4H;1-3H,(H,4,5);. The second-order valence-electron chi connectivity index (χ2n) is 3.06. The predicted octanol–water partition coefficient (Wildman–Crippen LogP) is 0.920. The van der Waals surface area contributed by atoms with E-state index in [2.05, 4.69) is 19.9 Å². The molecule has 3 rings (SSSR count). The van der Waals surface area contributed by atoms with Crippen molar-refractivity contribution < 1.29 is 15.0 Å². The number of aromatic amines is 1. The Morgan fingerprint density at radius 2 is 1.50 bits per heavy atom. The van der Waals surface area contributed by atoms with Crippen molar-refractivity contribution in [2.75, 3.05) is 0 Å². The van der Waals surface area contributed by atoms with Crippen LogP contribution in [-0.4, -0.2) is 19.9 Å². The number of nitrogens with zero attached hydrogens (tertiary/aromatic N) is 3. The Hall–Kier alpha value is -1.97. The van der Waals surface area contributed by atoms with Gasteiger partial charge in [0.15, 0.2) is 0 Å². The zero-order chi connectivity index (χ0) is 12.5. The number of hydrogen-bond donors (Lipinski definition) is 1. The van der Waals surface area contributed by atoms with Gasteiger partial charge < -0.3 is 4.98 Å². The van der Waals surface area contributed by atoms with Gasteiger partial charge in [0.25, 0.3) is 0 Å². The Morgan fingerprint density at radius 3 is 1.83 bits per heavy atom. The van der Waals surface area contributed by atoms with Crippen LogP contribution in [0.2, 0.25) is 0 Å². The number of aromatic nitrogens is 4. The van der Waals surface area contributed by atoms with Gasteiger partial charge >= 0.3 is 82.9 Å². The van der Waals surface area contributed by atoms with Crippen LogP contribution in [0.4, 0.5) is 0 Å². The second-order valence-corrected chi connectivity index (χ2v) is 4.26. The van der Waals surface area contributed by atoms with Crippen LogP contribution in [0.5, 0.6) is 0 Å². The van der Waals surface area contributed by atoms with Crippen LogP contribution < -0.4 is 9.18 Å². The quantitative estimate of drug-likeness (QED) is 0.713. The maximum atomic E-state index is 4.19. The van der Waals surface area contributed by atoms with Crippen LogP contribution in [0.1, 0.15) is 0 Å². The summed E-state index contributed by atoms with van der Waals surface area (Å²) in [6.45, 7) is 0. The second kappa shape index (κ2) is 7.37. The fourth-order valence-electron chi connectivity index (χ4n) is 1.04. The Bertz CT molecular complexity index is 471. The molecule has 0 aromatic carbocycles. The summed E-state index contributed by atoms with van der Waals surface area (Å²) in [5, 5.41) is 0. The normalized spacial score (nSPS) is 9.56. The van der Waals surface area contributed by atoms with E-state index in [1.807, 2.05) is 36.4 Å². The van der Waals surface area contributed by atoms with Crippen LogP contribution in [0, 0.1) is 0 Å². The van der Waals surface area contributed by atoms with Crippen molar-refractivity contribution in [3.8, 4) is 0 Å². The van der Waals surface area contributed by atoms with Gasteiger partial charge in [-0.25, -0.2) is 4.98 Å². The summed E-state index contributed by atoms with van der Waals surface area (Å²) in [4.78, 5) is 14.8. The van der Waals surface area contributed by atoms with Crippen LogP contribution in [0.25, 0.3) is 0 Å². The molecule has 0 saturated carbocycles. The summed E-state index contributed by atoms with van der Waals surface area (Å²) < 4.78 is 1.93. The van der Waals surface area contributed by atoms with Crippen LogP contribution in [-0.2, 0) is 15.0 Å². The topological polar surface area (TPSA) is 54.5 Å². The van der Waals surface area contributed by atoms with Crippen molar-refractivity contribution in [1.29, 1.82) is 0 Å². The molecule has 0 unspecified atom stereocenters. The molecule has 95 valence electrons. The molecule has 3 aromatic heterocycles. The number of nitrogens with one attached hydrogen (secondary N) is 1. The molecule has 3 heterocycles. The summed E-state index contributed by atoms with van der Waals surface area (Å²) in [6.07, 6.45) is 8.64. The van der Waals surface area contributed by atoms with E-state index in [-0.39, 0.29) is 0 Å². The van der Waals surface area contributed by atoms with Crippen molar-refractivity contribution >= 4 is 9.18 Å². The van der Waals surface area contributed by atoms with Gasteiger partial charge in [0.1, 0.15) is 0 Å². The van der Waals surface area contributed by atoms with E-state index < -0.39 is 0 Å². The third kappa shape index (κ3) is 4.49.